The van der Waals surface area contributed by atoms with Crippen molar-refractivity contribution in [3.8, 4) is 0 Å². The van der Waals surface area contributed by atoms with Gasteiger partial charge in [0.25, 0.3) is 0 Å². The van der Waals surface area contributed by atoms with Gasteiger partial charge in [0.05, 0.1) is 0 Å². The van der Waals surface area contributed by atoms with Crippen molar-refractivity contribution in [2.24, 2.45) is 11.8 Å². The predicted octanol–water partition coefficient (Wildman–Crippen LogP) is 3.05. The first-order chi connectivity index (χ1) is 6.27. The van der Waals surface area contributed by atoms with Gasteiger partial charge in [-0.25, -0.2) is 0 Å². The van der Waals surface area contributed by atoms with E-state index >= 15 is 0 Å². The van der Waals surface area contributed by atoms with Gasteiger partial charge in [-0.1, -0.05) is 6.92 Å². The van der Waals surface area contributed by atoms with E-state index in [9.17, 15) is 0 Å². The van der Waals surface area contributed by atoms with Gasteiger partial charge in [-0.05, 0) is 54.1 Å². The summed E-state index contributed by atoms with van der Waals surface area (Å²) in [5.74, 6) is 1.91. The SMILES string of the molecule is CC(NCC1CC1C)c1ccsc1. The quantitative estimate of drug-likeness (QED) is 0.778. The molecule has 72 valence electrons. The smallest absolute Gasteiger partial charge is 0.0300 e. The normalized spacial score (nSPS) is 28.8. The first-order valence-corrected chi connectivity index (χ1v) is 5.97. The van der Waals surface area contributed by atoms with Crippen LogP contribution in [0.15, 0.2) is 16.8 Å². The van der Waals surface area contributed by atoms with Crippen LogP contribution in [0.3, 0.4) is 0 Å². The lowest BCUT2D eigenvalue weighted by Crippen LogP contribution is -2.21. The minimum absolute atomic E-state index is 0.527. The van der Waals surface area contributed by atoms with Crippen molar-refractivity contribution in [2.45, 2.75) is 26.3 Å². The van der Waals surface area contributed by atoms with E-state index in [1.165, 1.54) is 18.5 Å². The third kappa shape index (κ3) is 2.32. The Hall–Kier alpha value is -0.340. The second-order valence-corrected chi connectivity index (χ2v) is 4.94. The van der Waals surface area contributed by atoms with Crippen LogP contribution >= 0.6 is 11.3 Å². The lowest BCUT2D eigenvalue weighted by atomic mass is 10.2. The van der Waals surface area contributed by atoms with E-state index in [0.717, 1.165) is 11.8 Å². The molecule has 2 rings (SSSR count). The molecule has 0 aliphatic heterocycles. The summed E-state index contributed by atoms with van der Waals surface area (Å²) in [7, 11) is 0. The van der Waals surface area contributed by atoms with Gasteiger partial charge in [-0.3, -0.25) is 0 Å². The molecule has 3 atom stereocenters. The average Bonchev–Trinajstić information content (AvgIpc) is 2.67. The number of rotatable bonds is 4. The Morgan fingerprint density at radius 3 is 3.00 bits per heavy atom. The highest BCUT2D eigenvalue weighted by molar-refractivity contribution is 7.07. The fraction of sp³-hybridized carbons (Fsp3) is 0.636. The van der Waals surface area contributed by atoms with Crippen LogP contribution < -0.4 is 5.32 Å². The molecule has 0 radical (unpaired) electrons. The van der Waals surface area contributed by atoms with Crippen LogP contribution in [-0.2, 0) is 0 Å². The Kier molecular flexibility index (Phi) is 2.70. The molecule has 1 aromatic rings. The largest absolute Gasteiger partial charge is 0.310 e. The maximum atomic E-state index is 3.58. The maximum Gasteiger partial charge on any atom is 0.0300 e. The van der Waals surface area contributed by atoms with Gasteiger partial charge in [-0.15, -0.1) is 0 Å². The third-order valence-corrected chi connectivity index (χ3v) is 3.71. The standard InChI is InChI=1S/C11H17NS/c1-8-5-11(8)6-12-9(2)10-3-4-13-7-10/h3-4,7-9,11-12H,5-6H2,1-2H3. The van der Waals surface area contributed by atoms with E-state index in [4.69, 9.17) is 0 Å². The van der Waals surface area contributed by atoms with E-state index in [1.807, 2.05) is 0 Å². The van der Waals surface area contributed by atoms with Crippen molar-refractivity contribution in [2.75, 3.05) is 6.54 Å². The van der Waals surface area contributed by atoms with Gasteiger partial charge in [-0.2, -0.15) is 11.3 Å². The van der Waals surface area contributed by atoms with E-state index in [-0.39, 0.29) is 0 Å². The number of nitrogens with one attached hydrogen (secondary N) is 1. The van der Waals surface area contributed by atoms with E-state index in [0.29, 0.717) is 6.04 Å². The summed E-state index contributed by atoms with van der Waals surface area (Å²) in [6.07, 6.45) is 1.42. The molecule has 0 spiro atoms. The van der Waals surface area contributed by atoms with Crippen LogP contribution in [0.1, 0.15) is 31.9 Å². The Balaban J connectivity index is 1.76. The minimum Gasteiger partial charge on any atom is -0.310 e. The van der Waals surface area contributed by atoms with E-state index in [1.54, 1.807) is 11.3 Å². The maximum absolute atomic E-state index is 3.58. The molecular formula is C11H17NS. The first-order valence-electron chi connectivity index (χ1n) is 5.03. The van der Waals surface area contributed by atoms with Gasteiger partial charge in [0.1, 0.15) is 0 Å². The average molecular weight is 195 g/mol. The van der Waals surface area contributed by atoms with Gasteiger partial charge in [0, 0.05) is 6.04 Å². The fourth-order valence-corrected chi connectivity index (χ4v) is 2.40. The molecule has 13 heavy (non-hydrogen) atoms. The van der Waals surface area contributed by atoms with Crippen LogP contribution in [0.4, 0.5) is 0 Å². The van der Waals surface area contributed by atoms with Crippen molar-refractivity contribution in [3.05, 3.63) is 22.4 Å². The van der Waals surface area contributed by atoms with Crippen molar-refractivity contribution >= 4 is 11.3 Å². The molecule has 3 unspecified atom stereocenters. The van der Waals surface area contributed by atoms with Crippen molar-refractivity contribution in [3.63, 3.8) is 0 Å². The van der Waals surface area contributed by atoms with Crippen LogP contribution in [0.2, 0.25) is 0 Å². The Morgan fingerprint density at radius 2 is 2.46 bits per heavy atom. The summed E-state index contributed by atoms with van der Waals surface area (Å²) in [4.78, 5) is 0. The Bertz CT molecular complexity index is 255. The van der Waals surface area contributed by atoms with Crippen LogP contribution in [0, 0.1) is 11.8 Å². The summed E-state index contributed by atoms with van der Waals surface area (Å²) in [6.45, 7) is 5.77. The van der Waals surface area contributed by atoms with Crippen LogP contribution in [-0.4, -0.2) is 6.54 Å². The van der Waals surface area contributed by atoms with Crippen LogP contribution in [0.5, 0.6) is 0 Å². The summed E-state index contributed by atoms with van der Waals surface area (Å²) < 4.78 is 0. The second-order valence-electron chi connectivity index (χ2n) is 4.16. The molecule has 1 saturated carbocycles. The molecule has 1 fully saturated rings. The number of hydrogen-bond donors (Lipinski definition) is 1. The third-order valence-electron chi connectivity index (χ3n) is 3.01. The minimum atomic E-state index is 0.527. The lowest BCUT2D eigenvalue weighted by molar-refractivity contribution is 0.536. The molecule has 0 amide bonds. The van der Waals surface area contributed by atoms with E-state index < -0.39 is 0 Å². The van der Waals surface area contributed by atoms with Gasteiger partial charge < -0.3 is 5.32 Å². The monoisotopic (exact) mass is 195 g/mol. The number of hydrogen-bond acceptors (Lipinski definition) is 2. The van der Waals surface area contributed by atoms with Gasteiger partial charge in [0.2, 0.25) is 0 Å². The highest BCUT2D eigenvalue weighted by Crippen LogP contribution is 2.37. The zero-order chi connectivity index (χ0) is 9.26. The predicted molar refractivity (Wildman–Crippen MR) is 58.0 cm³/mol. The Labute approximate surface area is 84.2 Å². The summed E-state index contributed by atoms with van der Waals surface area (Å²) in [5.41, 5.74) is 1.43. The lowest BCUT2D eigenvalue weighted by Gasteiger charge is -2.11. The molecule has 0 bridgehead atoms. The molecule has 2 heteroatoms. The van der Waals surface area contributed by atoms with Crippen molar-refractivity contribution in [1.29, 1.82) is 0 Å². The molecule has 0 aromatic carbocycles. The number of thiophene rings is 1. The summed E-state index contributed by atoms with van der Waals surface area (Å²) in [5, 5.41) is 7.96. The molecule has 1 aromatic heterocycles. The van der Waals surface area contributed by atoms with Crippen LogP contribution in [0.25, 0.3) is 0 Å². The topological polar surface area (TPSA) is 12.0 Å². The summed E-state index contributed by atoms with van der Waals surface area (Å²) >= 11 is 1.78. The van der Waals surface area contributed by atoms with Crippen molar-refractivity contribution < 1.29 is 0 Å². The van der Waals surface area contributed by atoms with Crippen molar-refractivity contribution in [1.82, 2.24) is 5.32 Å². The summed E-state index contributed by atoms with van der Waals surface area (Å²) in [6, 6.07) is 2.73. The molecule has 1 aliphatic carbocycles. The zero-order valence-corrected chi connectivity index (χ0v) is 9.10. The second kappa shape index (κ2) is 3.81. The van der Waals surface area contributed by atoms with E-state index in [2.05, 4.69) is 36.0 Å². The fourth-order valence-electron chi connectivity index (χ4n) is 1.65. The highest BCUT2D eigenvalue weighted by atomic mass is 32.1. The first kappa shape index (κ1) is 9.22. The molecular weight excluding hydrogens is 178 g/mol. The Morgan fingerprint density at radius 1 is 1.69 bits per heavy atom. The zero-order valence-electron chi connectivity index (χ0n) is 8.29. The molecule has 0 saturated heterocycles. The molecule has 1 aliphatic rings. The van der Waals surface area contributed by atoms with Gasteiger partial charge >= 0.3 is 0 Å². The highest BCUT2D eigenvalue weighted by Gasteiger charge is 2.32. The van der Waals surface area contributed by atoms with Gasteiger partial charge in [0.15, 0.2) is 0 Å². The molecule has 1 N–H and O–H groups in total. The molecule has 1 nitrogen and oxygen atoms in total. The molecule has 1 heterocycles.